The molecule has 0 spiro atoms. The maximum absolute atomic E-state index is 5.76. The second-order valence-electron chi connectivity index (χ2n) is 4.46. The number of hydrogen-bond acceptors (Lipinski definition) is 2. The zero-order valence-corrected chi connectivity index (χ0v) is 11.6. The summed E-state index contributed by atoms with van der Waals surface area (Å²) < 4.78 is 5.76. The predicted octanol–water partition coefficient (Wildman–Crippen LogP) is 3.56. The van der Waals surface area contributed by atoms with Gasteiger partial charge in [-0.05, 0) is 30.9 Å². The Kier molecular flexibility index (Phi) is 5.42. The number of benzene rings is 1. The second-order valence-corrected chi connectivity index (χ2v) is 4.99. The molecule has 0 fully saturated rings. The molecular formula is C14H21NOS. The van der Waals surface area contributed by atoms with Crippen molar-refractivity contribution in [2.75, 3.05) is 6.61 Å². The lowest BCUT2D eigenvalue weighted by atomic mass is 9.95. The van der Waals surface area contributed by atoms with Crippen molar-refractivity contribution < 1.29 is 4.74 Å². The fraction of sp³-hybridized carbons (Fsp3) is 0.500. The first-order valence-corrected chi connectivity index (χ1v) is 6.47. The third-order valence-electron chi connectivity index (χ3n) is 2.67. The molecule has 3 heteroatoms. The van der Waals surface area contributed by atoms with Gasteiger partial charge in [0.1, 0.15) is 5.75 Å². The van der Waals surface area contributed by atoms with E-state index >= 15 is 0 Å². The number of ether oxygens (including phenoxy) is 1. The highest BCUT2D eigenvalue weighted by Crippen LogP contribution is 2.30. The standard InChI is InChI=1S/C14H21NOS/c1-4-7-16-13-6-5-10(2)8-12(13)11(3)9-14(15)17/h5-6,8,11H,4,7,9H2,1-3H3,(H2,15,17). The van der Waals surface area contributed by atoms with Crippen molar-refractivity contribution >= 4 is 17.2 Å². The lowest BCUT2D eigenvalue weighted by Gasteiger charge is -2.17. The molecule has 2 N–H and O–H groups in total. The Hall–Kier alpha value is -1.09. The van der Waals surface area contributed by atoms with Crippen molar-refractivity contribution in [3.8, 4) is 5.75 Å². The molecule has 0 heterocycles. The Morgan fingerprint density at radius 1 is 1.47 bits per heavy atom. The lowest BCUT2D eigenvalue weighted by molar-refractivity contribution is 0.312. The summed E-state index contributed by atoms with van der Waals surface area (Å²) >= 11 is 4.97. The fourth-order valence-corrected chi connectivity index (χ4v) is 2.06. The van der Waals surface area contributed by atoms with E-state index in [1.54, 1.807) is 0 Å². The topological polar surface area (TPSA) is 35.2 Å². The molecule has 94 valence electrons. The van der Waals surface area contributed by atoms with E-state index in [2.05, 4.69) is 32.9 Å². The lowest BCUT2D eigenvalue weighted by Crippen LogP contribution is -2.12. The first kappa shape index (κ1) is 14.0. The molecule has 0 aliphatic rings. The van der Waals surface area contributed by atoms with Gasteiger partial charge in [0, 0.05) is 6.42 Å². The van der Waals surface area contributed by atoms with E-state index in [9.17, 15) is 0 Å². The largest absolute Gasteiger partial charge is 0.493 e. The molecule has 0 radical (unpaired) electrons. The van der Waals surface area contributed by atoms with E-state index in [-0.39, 0.29) is 0 Å². The van der Waals surface area contributed by atoms with Gasteiger partial charge < -0.3 is 10.5 Å². The molecule has 17 heavy (non-hydrogen) atoms. The molecule has 0 aromatic heterocycles. The fourth-order valence-electron chi connectivity index (χ4n) is 1.81. The van der Waals surface area contributed by atoms with Gasteiger partial charge in [-0.15, -0.1) is 0 Å². The first-order chi connectivity index (χ1) is 8.04. The summed E-state index contributed by atoms with van der Waals surface area (Å²) in [7, 11) is 0. The zero-order chi connectivity index (χ0) is 12.8. The van der Waals surface area contributed by atoms with Crippen LogP contribution in [0.3, 0.4) is 0 Å². The average molecular weight is 251 g/mol. The molecule has 0 saturated carbocycles. The Morgan fingerprint density at radius 2 is 2.18 bits per heavy atom. The van der Waals surface area contributed by atoms with E-state index in [1.165, 1.54) is 11.1 Å². The van der Waals surface area contributed by atoms with Crippen molar-refractivity contribution in [1.82, 2.24) is 0 Å². The highest BCUT2D eigenvalue weighted by molar-refractivity contribution is 7.80. The van der Waals surface area contributed by atoms with Gasteiger partial charge in [-0.25, -0.2) is 0 Å². The highest BCUT2D eigenvalue weighted by atomic mass is 32.1. The van der Waals surface area contributed by atoms with Crippen LogP contribution in [0.1, 0.15) is 43.7 Å². The van der Waals surface area contributed by atoms with Crippen LogP contribution in [0.15, 0.2) is 18.2 Å². The maximum atomic E-state index is 5.76. The summed E-state index contributed by atoms with van der Waals surface area (Å²) in [5.74, 6) is 1.26. The molecule has 1 aromatic rings. The van der Waals surface area contributed by atoms with Gasteiger partial charge in [0.05, 0.1) is 11.6 Å². The third kappa shape index (κ3) is 4.35. The first-order valence-electron chi connectivity index (χ1n) is 6.06. The van der Waals surface area contributed by atoms with Gasteiger partial charge in [-0.2, -0.15) is 0 Å². The smallest absolute Gasteiger partial charge is 0.122 e. The van der Waals surface area contributed by atoms with Gasteiger partial charge >= 0.3 is 0 Å². The minimum atomic E-state index is 0.305. The molecule has 1 aromatic carbocycles. The summed E-state index contributed by atoms with van der Waals surface area (Å²) in [6.45, 7) is 7.06. The van der Waals surface area contributed by atoms with E-state index in [1.807, 2.05) is 6.07 Å². The SMILES string of the molecule is CCCOc1ccc(C)cc1C(C)CC(N)=S. The van der Waals surface area contributed by atoms with E-state index < -0.39 is 0 Å². The van der Waals surface area contributed by atoms with Crippen LogP contribution in [0, 0.1) is 6.92 Å². The average Bonchev–Trinajstić information content (AvgIpc) is 2.26. The molecule has 0 saturated heterocycles. The Labute approximate surface area is 109 Å². The molecule has 1 atom stereocenters. The number of rotatable bonds is 6. The van der Waals surface area contributed by atoms with E-state index in [4.69, 9.17) is 22.7 Å². The molecule has 0 aliphatic carbocycles. The summed E-state index contributed by atoms with van der Waals surface area (Å²) in [5, 5.41) is 0. The van der Waals surface area contributed by atoms with Crippen LogP contribution in [-0.2, 0) is 0 Å². The van der Waals surface area contributed by atoms with Crippen LogP contribution in [0.2, 0.25) is 0 Å². The minimum absolute atomic E-state index is 0.305. The second kappa shape index (κ2) is 6.60. The van der Waals surface area contributed by atoms with Crippen LogP contribution < -0.4 is 10.5 Å². The van der Waals surface area contributed by atoms with Crippen LogP contribution in [0.25, 0.3) is 0 Å². The van der Waals surface area contributed by atoms with Crippen LogP contribution >= 0.6 is 12.2 Å². The predicted molar refractivity (Wildman–Crippen MR) is 76.8 cm³/mol. The van der Waals surface area contributed by atoms with Gasteiger partial charge in [-0.1, -0.05) is 43.8 Å². The van der Waals surface area contributed by atoms with Crippen molar-refractivity contribution in [2.45, 2.75) is 39.5 Å². The van der Waals surface area contributed by atoms with Crippen molar-refractivity contribution in [3.05, 3.63) is 29.3 Å². The van der Waals surface area contributed by atoms with Gasteiger partial charge in [0.25, 0.3) is 0 Å². The molecule has 2 nitrogen and oxygen atoms in total. The summed E-state index contributed by atoms with van der Waals surface area (Å²) in [6.07, 6.45) is 1.73. The summed E-state index contributed by atoms with van der Waals surface area (Å²) in [4.78, 5) is 0.556. The molecule has 1 rings (SSSR count). The summed E-state index contributed by atoms with van der Waals surface area (Å²) in [6, 6.07) is 6.27. The minimum Gasteiger partial charge on any atom is -0.493 e. The third-order valence-corrected chi connectivity index (χ3v) is 2.83. The molecule has 0 bridgehead atoms. The van der Waals surface area contributed by atoms with Crippen molar-refractivity contribution in [1.29, 1.82) is 0 Å². The van der Waals surface area contributed by atoms with Crippen molar-refractivity contribution in [3.63, 3.8) is 0 Å². The van der Waals surface area contributed by atoms with Crippen LogP contribution in [0.5, 0.6) is 5.75 Å². The maximum Gasteiger partial charge on any atom is 0.122 e. The van der Waals surface area contributed by atoms with Gasteiger partial charge in [-0.3, -0.25) is 0 Å². The van der Waals surface area contributed by atoms with Crippen LogP contribution in [-0.4, -0.2) is 11.6 Å². The Balaban J connectivity index is 2.93. The van der Waals surface area contributed by atoms with E-state index in [0.29, 0.717) is 10.9 Å². The molecule has 1 unspecified atom stereocenters. The van der Waals surface area contributed by atoms with Gasteiger partial charge in [0.15, 0.2) is 0 Å². The zero-order valence-electron chi connectivity index (χ0n) is 10.8. The molecular weight excluding hydrogens is 230 g/mol. The number of nitrogens with two attached hydrogens (primary N) is 1. The van der Waals surface area contributed by atoms with E-state index in [0.717, 1.165) is 25.2 Å². The quantitative estimate of drug-likeness (QED) is 0.785. The molecule has 0 amide bonds. The monoisotopic (exact) mass is 251 g/mol. The van der Waals surface area contributed by atoms with Crippen molar-refractivity contribution in [2.24, 2.45) is 5.73 Å². The highest BCUT2D eigenvalue weighted by Gasteiger charge is 2.13. The number of hydrogen-bond donors (Lipinski definition) is 1. The van der Waals surface area contributed by atoms with Gasteiger partial charge in [0.2, 0.25) is 0 Å². The Bertz CT molecular complexity index is 390. The number of thiocarbonyl (C=S) groups is 1. The Morgan fingerprint density at radius 3 is 2.76 bits per heavy atom. The normalized spacial score (nSPS) is 12.2. The number of aryl methyl sites for hydroxylation is 1. The van der Waals surface area contributed by atoms with Crippen LogP contribution in [0.4, 0.5) is 0 Å². The molecule has 0 aliphatic heterocycles. The summed E-state index contributed by atoms with van der Waals surface area (Å²) in [5.41, 5.74) is 8.04.